The molecule has 1 aromatic carbocycles. The summed E-state index contributed by atoms with van der Waals surface area (Å²) < 4.78 is 10.4. The lowest BCUT2D eigenvalue weighted by atomic mass is 9.96. The van der Waals surface area contributed by atoms with Crippen molar-refractivity contribution < 1.29 is 13.8 Å². The number of benzene rings is 1. The predicted octanol–water partition coefficient (Wildman–Crippen LogP) is 3.36. The third-order valence-electron chi connectivity index (χ3n) is 4.74. The number of piperidine rings is 1. The highest BCUT2D eigenvalue weighted by molar-refractivity contribution is 6.00. The number of carbonyl (C=O) groups is 1. The van der Waals surface area contributed by atoms with Crippen molar-refractivity contribution >= 4 is 5.91 Å². The van der Waals surface area contributed by atoms with E-state index >= 15 is 0 Å². The Morgan fingerprint density at radius 2 is 1.96 bits per heavy atom. The van der Waals surface area contributed by atoms with Gasteiger partial charge in [0.2, 0.25) is 5.89 Å². The molecule has 1 fully saturated rings. The summed E-state index contributed by atoms with van der Waals surface area (Å²) >= 11 is 0. The molecule has 0 N–H and O–H groups in total. The van der Waals surface area contributed by atoms with Crippen LogP contribution in [0.4, 0.5) is 0 Å². The van der Waals surface area contributed by atoms with Crippen molar-refractivity contribution in [3.05, 3.63) is 53.4 Å². The summed E-state index contributed by atoms with van der Waals surface area (Å²) in [7, 11) is 0. The lowest BCUT2D eigenvalue weighted by molar-refractivity contribution is 0.0702. The van der Waals surface area contributed by atoms with Gasteiger partial charge in [0.25, 0.3) is 5.91 Å². The number of carbonyl (C=O) groups excluding carboxylic acids is 1. The normalized spacial score (nSPS) is 17.5. The highest BCUT2D eigenvalue weighted by atomic mass is 16.5. The third kappa shape index (κ3) is 3.00. The van der Waals surface area contributed by atoms with E-state index in [4.69, 9.17) is 9.05 Å². The van der Waals surface area contributed by atoms with Crippen molar-refractivity contribution in [1.29, 1.82) is 0 Å². The second-order valence-corrected chi connectivity index (χ2v) is 6.59. The van der Waals surface area contributed by atoms with Crippen LogP contribution >= 0.6 is 0 Å². The molecule has 0 radical (unpaired) electrons. The van der Waals surface area contributed by atoms with E-state index in [1.165, 1.54) is 0 Å². The van der Waals surface area contributed by atoms with E-state index in [-0.39, 0.29) is 11.8 Å². The molecular formula is C19H20N4O3. The van der Waals surface area contributed by atoms with Crippen LogP contribution in [0.2, 0.25) is 0 Å². The van der Waals surface area contributed by atoms with Crippen LogP contribution in [0.5, 0.6) is 0 Å². The predicted molar refractivity (Wildman–Crippen MR) is 93.6 cm³/mol. The van der Waals surface area contributed by atoms with Gasteiger partial charge in [-0.2, -0.15) is 4.98 Å². The first-order chi connectivity index (χ1) is 12.6. The zero-order valence-corrected chi connectivity index (χ0v) is 14.8. The van der Waals surface area contributed by atoms with Gasteiger partial charge in [0.15, 0.2) is 5.82 Å². The molecular weight excluding hydrogens is 332 g/mol. The number of hydrogen-bond acceptors (Lipinski definition) is 6. The van der Waals surface area contributed by atoms with Gasteiger partial charge in [0.05, 0.1) is 0 Å². The van der Waals surface area contributed by atoms with Gasteiger partial charge in [0, 0.05) is 31.5 Å². The molecule has 134 valence electrons. The Bertz CT molecular complexity index is 916. The van der Waals surface area contributed by atoms with Gasteiger partial charge in [-0.1, -0.05) is 40.6 Å². The minimum absolute atomic E-state index is 0.0625. The van der Waals surface area contributed by atoms with E-state index in [9.17, 15) is 4.79 Å². The summed E-state index contributed by atoms with van der Waals surface area (Å²) in [5.41, 5.74) is 1.99. The van der Waals surface area contributed by atoms with Gasteiger partial charge >= 0.3 is 0 Å². The highest BCUT2D eigenvalue weighted by Crippen LogP contribution is 2.30. The largest absolute Gasteiger partial charge is 0.360 e. The van der Waals surface area contributed by atoms with Crippen molar-refractivity contribution in [3.63, 3.8) is 0 Å². The maximum Gasteiger partial charge on any atom is 0.259 e. The lowest BCUT2D eigenvalue weighted by Crippen LogP contribution is -2.39. The minimum atomic E-state index is -0.0625. The van der Waals surface area contributed by atoms with Crippen molar-refractivity contribution in [3.8, 4) is 11.3 Å². The first kappa shape index (κ1) is 16.5. The summed E-state index contributed by atoms with van der Waals surface area (Å²) in [6.07, 6.45) is 1.84. The minimum Gasteiger partial charge on any atom is -0.360 e. The molecule has 4 rings (SSSR count). The van der Waals surface area contributed by atoms with Gasteiger partial charge < -0.3 is 13.9 Å². The first-order valence-electron chi connectivity index (χ1n) is 8.74. The van der Waals surface area contributed by atoms with Crippen LogP contribution in [0, 0.1) is 13.8 Å². The number of nitrogens with zero attached hydrogens (tertiary/aromatic N) is 4. The van der Waals surface area contributed by atoms with Crippen LogP contribution in [0.15, 0.2) is 39.4 Å². The molecule has 1 unspecified atom stereocenters. The first-order valence-corrected chi connectivity index (χ1v) is 8.74. The van der Waals surface area contributed by atoms with Crippen LogP contribution < -0.4 is 0 Å². The van der Waals surface area contributed by atoms with E-state index in [1.807, 2.05) is 35.2 Å². The molecule has 2 aromatic heterocycles. The smallest absolute Gasteiger partial charge is 0.259 e. The zero-order valence-electron chi connectivity index (χ0n) is 14.8. The fourth-order valence-electron chi connectivity index (χ4n) is 3.43. The Labute approximate surface area is 151 Å². The van der Waals surface area contributed by atoms with Crippen molar-refractivity contribution in [2.75, 3.05) is 13.1 Å². The molecule has 1 amide bonds. The molecule has 3 aromatic rings. The molecule has 1 atom stereocenters. The molecule has 0 bridgehead atoms. The fourth-order valence-corrected chi connectivity index (χ4v) is 3.43. The molecule has 7 nitrogen and oxygen atoms in total. The van der Waals surface area contributed by atoms with Crippen LogP contribution in [0.25, 0.3) is 11.3 Å². The Kier molecular flexibility index (Phi) is 4.28. The zero-order chi connectivity index (χ0) is 18.1. The van der Waals surface area contributed by atoms with Gasteiger partial charge in [-0.25, -0.2) is 0 Å². The molecule has 1 saturated heterocycles. The maximum absolute atomic E-state index is 13.2. The molecule has 1 aliphatic heterocycles. The summed E-state index contributed by atoms with van der Waals surface area (Å²) in [6.45, 7) is 4.81. The van der Waals surface area contributed by atoms with Crippen molar-refractivity contribution in [1.82, 2.24) is 20.2 Å². The van der Waals surface area contributed by atoms with Gasteiger partial charge in [-0.3, -0.25) is 4.79 Å². The topological polar surface area (TPSA) is 85.3 Å². The fraction of sp³-hybridized carbons (Fsp3) is 0.368. The molecule has 1 aliphatic rings. The number of hydrogen-bond donors (Lipinski definition) is 0. The molecule has 0 spiro atoms. The quantitative estimate of drug-likeness (QED) is 0.718. The van der Waals surface area contributed by atoms with Crippen LogP contribution in [0.3, 0.4) is 0 Å². The lowest BCUT2D eigenvalue weighted by Gasteiger charge is -2.31. The van der Waals surface area contributed by atoms with Crippen LogP contribution in [0.1, 0.15) is 46.6 Å². The molecule has 26 heavy (non-hydrogen) atoms. The van der Waals surface area contributed by atoms with Crippen LogP contribution in [-0.4, -0.2) is 39.2 Å². The third-order valence-corrected chi connectivity index (χ3v) is 4.74. The number of aryl methyl sites for hydroxylation is 2. The number of likely N-dealkylation sites (tertiary alicyclic amines) is 1. The number of rotatable bonds is 3. The highest BCUT2D eigenvalue weighted by Gasteiger charge is 2.31. The van der Waals surface area contributed by atoms with E-state index in [2.05, 4.69) is 15.3 Å². The van der Waals surface area contributed by atoms with E-state index in [0.29, 0.717) is 41.8 Å². The van der Waals surface area contributed by atoms with Crippen molar-refractivity contribution in [2.24, 2.45) is 0 Å². The van der Waals surface area contributed by atoms with Gasteiger partial charge in [-0.15, -0.1) is 0 Å². The van der Waals surface area contributed by atoms with E-state index < -0.39 is 0 Å². The Balaban J connectivity index is 1.61. The van der Waals surface area contributed by atoms with E-state index in [0.717, 1.165) is 18.4 Å². The summed E-state index contributed by atoms with van der Waals surface area (Å²) in [5.74, 6) is 1.78. The summed E-state index contributed by atoms with van der Waals surface area (Å²) in [6, 6.07) is 9.62. The SMILES string of the molecule is Cc1nc(C2CCCN(C(=O)c3c(-c4ccccc4)noc3C)C2)no1. The molecule has 0 saturated carbocycles. The number of aromatic nitrogens is 3. The summed E-state index contributed by atoms with van der Waals surface area (Å²) in [4.78, 5) is 19.4. The van der Waals surface area contributed by atoms with E-state index in [1.54, 1.807) is 13.8 Å². The molecule has 7 heteroatoms. The second kappa shape index (κ2) is 6.74. The Morgan fingerprint density at radius 1 is 1.15 bits per heavy atom. The van der Waals surface area contributed by atoms with Gasteiger partial charge in [-0.05, 0) is 19.8 Å². The van der Waals surface area contributed by atoms with Gasteiger partial charge in [0.1, 0.15) is 17.0 Å². The number of amides is 1. The second-order valence-electron chi connectivity index (χ2n) is 6.59. The average molecular weight is 352 g/mol. The maximum atomic E-state index is 13.2. The molecule has 3 heterocycles. The Hall–Kier alpha value is -2.96. The standard InChI is InChI=1S/C19H20N4O3/c1-12-16(17(21-25-12)14-7-4-3-5-8-14)19(24)23-10-6-9-15(11-23)18-20-13(2)26-22-18/h3-5,7-8,15H,6,9-11H2,1-2H3. The van der Waals surface area contributed by atoms with Crippen LogP contribution in [-0.2, 0) is 0 Å². The summed E-state index contributed by atoms with van der Waals surface area (Å²) in [5, 5.41) is 8.14. The average Bonchev–Trinajstić information content (AvgIpc) is 3.28. The van der Waals surface area contributed by atoms with Crippen molar-refractivity contribution in [2.45, 2.75) is 32.6 Å². The Morgan fingerprint density at radius 3 is 2.69 bits per heavy atom. The molecule has 0 aliphatic carbocycles. The monoisotopic (exact) mass is 352 g/mol.